The van der Waals surface area contributed by atoms with Gasteiger partial charge in [-0.25, -0.2) is 0 Å². The maximum absolute atomic E-state index is 7.32. The van der Waals surface area contributed by atoms with E-state index in [4.69, 9.17) is 38.1 Å². The maximum Gasteiger partial charge on any atom is 3.00 e. The average molecular weight is 885 g/mol. The van der Waals surface area contributed by atoms with Crippen molar-refractivity contribution in [2.24, 2.45) is 0 Å². The monoisotopic (exact) mass is 882 g/mol. The number of hydrogen-bond donors (Lipinski definition) is 0. The summed E-state index contributed by atoms with van der Waals surface area (Å²) in [5.41, 5.74) is 2.32. The predicted molar refractivity (Wildman–Crippen MR) is 197 cm³/mol. The second-order valence-electron chi connectivity index (χ2n) is 13.8. The summed E-state index contributed by atoms with van der Waals surface area (Å²) in [7, 11) is 37.4. The molecule has 0 heterocycles. The molecule has 4 radical (unpaired) electrons. The molecule has 0 aliphatic heterocycles. The van der Waals surface area contributed by atoms with Crippen LogP contribution in [-0.2, 0) is 24.6 Å². The second kappa shape index (κ2) is 14.2. The van der Waals surface area contributed by atoms with Crippen molar-refractivity contribution in [2.45, 2.75) is 98.6 Å². The molecule has 2 rings (SSSR count). The van der Waals surface area contributed by atoms with Gasteiger partial charge >= 0.3 is 287 Å². The molecule has 0 unspecified atom stereocenters. The third-order valence-corrected chi connectivity index (χ3v) is 47.4. The average Bonchev–Trinajstić information content (AvgIpc) is 2.76. The fourth-order valence-corrected chi connectivity index (χ4v) is 21.0. The Balaban J connectivity index is 0. The smallest absolute Gasteiger partial charge is 3.00 e. The van der Waals surface area contributed by atoms with Gasteiger partial charge in [0.25, 0.3) is 0 Å². The zero-order chi connectivity index (χ0) is 32.0. The molecule has 0 fully saturated rings. The van der Waals surface area contributed by atoms with Crippen LogP contribution in [0.15, 0.2) is 48.5 Å². The molecule has 2 nitrogen and oxygen atoms in total. The Morgan fingerprint density at radius 2 is 0.571 bits per heavy atom. The first-order valence-corrected chi connectivity index (χ1v) is 26.0. The van der Waals surface area contributed by atoms with Gasteiger partial charge in [0.2, 0.25) is 0 Å². The third kappa shape index (κ3) is 7.74. The van der Waals surface area contributed by atoms with Crippen molar-refractivity contribution in [3.8, 4) is 0 Å². The van der Waals surface area contributed by atoms with Crippen LogP contribution < -0.4 is 17.9 Å². The van der Waals surface area contributed by atoms with E-state index in [0.29, 0.717) is 0 Å². The summed E-state index contributed by atoms with van der Waals surface area (Å²) in [6, 6.07) is 16.9. The summed E-state index contributed by atoms with van der Waals surface area (Å²) in [4.78, 5) is 4.16. The Hall–Kier alpha value is 1.38. The van der Waals surface area contributed by atoms with E-state index in [9.17, 15) is 0 Å². The summed E-state index contributed by atoms with van der Waals surface area (Å²) in [5.74, 6) is 0. The first-order valence-electron chi connectivity index (χ1n) is 13.3. The van der Waals surface area contributed by atoms with E-state index in [-0.39, 0.29) is 35.3 Å². The Bertz CT molecular complexity index is 1030. The fourth-order valence-electron chi connectivity index (χ4n) is 4.35. The molecule has 0 spiro atoms. The first kappa shape index (κ1) is 45.5. The predicted octanol–water partition coefficient (Wildman–Crippen LogP) is 13.3. The largest absolute Gasteiger partial charge is 3.00 e. The number of rotatable bonds is 4. The van der Waals surface area contributed by atoms with Gasteiger partial charge in [0, 0.05) is 0 Å². The van der Waals surface area contributed by atoms with Crippen molar-refractivity contribution in [1.29, 1.82) is 0 Å². The minimum atomic E-state index is -3.58. The van der Waals surface area contributed by atoms with Gasteiger partial charge in [-0.05, 0) is 0 Å². The zero-order valence-corrected chi connectivity index (χ0v) is 36.5. The third-order valence-electron chi connectivity index (χ3n) is 6.62. The molecule has 0 bridgehead atoms. The minimum absolute atomic E-state index is 0. The molecule has 0 aromatic heterocycles. The van der Waals surface area contributed by atoms with Crippen molar-refractivity contribution in [2.75, 3.05) is 38.0 Å². The molecule has 0 aliphatic carbocycles. The van der Waals surface area contributed by atoms with Crippen molar-refractivity contribution < 1.29 is 24.6 Å². The van der Waals surface area contributed by atoms with Crippen LogP contribution in [-0.4, -0.2) is 28.2 Å². The first-order chi connectivity index (χ1) is 17.4. The quantitative estimate of drug-likeness (QED) is 0.223. The summed E-state index contributed by atoms with van der Waals surface area (Å²) in [6.45, 7) is 26.0. The van der Waals surface area contributed by atoms with Crippen molar-refractivity contribution in [3.63, 3.8) is 0 Å². The van der Waals surface area contributed by atoms with Gasteiger partial charge < -0.3 is 0 Å². The number of benzene rings is 2. The number of hydrogen-bond acceptors (Lipinski definition) is 2. The van der Waals surface area contributed by atoms with Gasteiger partial charge in [-0.1, -0.05) is 0 Å². The van der Waals surface area contributed by atoms with E-state index in [2.05, 4.69) is 141 Å². The number of anilines is 2. The minimum Gasteiger partial charge on any atom is 3.00 e. The van der Waals surface area contributed by atoms with Gasteiger partial charge in [-0.3, -0.25) is 0 Å². The summed E-state index contributed by atoms with van der Waals surface area (Å²) < 4.78 is 1.58. The fraction of sp³-hybridized carbons (Fsp3) is 0.625. The molecule has 10 heteroatoms. The normalized spacial score (nSPS) is 14.9. The van der Waals surface area contributed by atoms with Crippen molar-refractivity contribution >= 4 is 77.4 Å². The van der Waals surface area contributed by atoms with Gasteiger partial charge in [0.05, 0.1) is 0 Å². The molecular weight excluding hydrogens is 829 g/mol. The molecule has 252 valence electrons. The Labute approximate surface area is 284 Å². The molecule has 0 aliphatic rings. The van der Waals surface area contributed by atoms with Crippen LogP contribution in [0.2, 0.25) is 15.6 Å². The number of halogens is 4. The standard InChI is InChI=1S/2C8H10N.4C4H9.4ClH.2P.2Pd/c2*1-9(2)8-6-4-3-5-7-8;4*1-4(2)3;;;;;;;;/h2*4-7H,1-2H3;4*1-3H3;4*1H;;;;/q;;;;;;;;;;2*+3;2*-1/p-4. The van der Waals surface area contributed by atoms with Crippen molar-refractivity contribution in [3.05, 3.63) is 48.5 Å². The molecule has 42 heavy (non-hydrogen) atoms. The van der Waals surface area contributed by atoms with Crippen LogP contribution in [0.3, 0.4) is 0 Å². The summed E-state index contributed by atoms with van der Waals surface area (Å²) >= 11 is -7.15. The van der Waals surface area contributed by atoms with E-state index in [1.807, 2.05) is 28.2 Å². The zero-order valence-electron chi connectivity index (χ0n) is 28.6. The van der Waals surface area contributed by atoms with E-state index in [0.717, 1.165) is 19.4 Å². The van der Waals surface area contributed by atoms with Crippen LogP contribution in [0.1, 0.15) is 83.1 Å². The van der Waals surface area contributed by atoms with Gasteiger partial charge in [-0.2, -0.15) is 0 Å². The SMILES string of the molecule is CN(C)c1cc[c]([Pd-3]([Cl])([Cl])([C](C)(C)C)[C](C)(C)C)cc1.CN(C)c1cc[c]([Pd-3]([Cl])([Cl])([C](C)(C)C)[C](C)(C)C)cc1.[P+3].[P+3]. The van der Waals surface area contributed by atoms with E-state index in [1.54, 1.807) is 0 Å². The molecule has 2 aromatic carbocycles. The number of nitrogens with zero attached hydrogens (tertiary/aromatic N) is 2. The van der Waals surface area contributed by atoms with E-state index in [1.165, 1.54) is 0 Å². The van der Waals surface area contributed by atoms with Gasteiger partial charge in [0.1, 0.15) is 0 Å². The van der Waals surface area contributed by atoms with Gasteiger partial charge in [-0.15, -0.1) is 0 Å². The molecular formula is C32H56Cl4N2P2Pd2. The van der Waals surface area contributed by atoms with Crippen LogP contribution in [0.4, 0.5) is 11.4 Å². The Morgan fingerprint density at radius 3 is 0.690 bits per heavy atom. The molecule has 0 atom stereocenters. The van der Waals surface area contributed by atoms with Crippen LogP contribution >= 0.6 is 57.9 Å². The van der Waals surface area contributed by atoms with Crippen LogP contribution in [0, 0.1) is 0 Å². The Morgan fingerprint density at radius 1 is 0.405 bits per heavy atom. The van der Waals surface area contributed by atoms with Crippen molar-refractivity contribution in [1.82, 2.24) is 0 Å². The van der Waals surface area contributed by atoms with E-state index < -0.39 is 24.6 Å². The Kier molecular flexibility index (Phi) is 15.4. The second-order valence-corrected chi connectivity index (χ2v) is 44.0. The summed E-state index contributed by atoms with van der Waals surface area (Å²) in [5, 5.41) is 0. The molecule has 0 N–H and O–H groups in total. The van der Waals surface area contributed by atoms with E-state index >= 15 is 0 Å². The topological polar surface area (TPSA) is 6.48 Å². The molecule has 0 saturated heterocycles. The van der Waals surface area contributed by atoms with Gasteiger partial charge in [0.15, 0.2) is 0 Å². The molecule has 2 aromatic rings. The summed E-state index contributed by atoms with van der Waals surface area (Å²) in [6.07, 6.45) is 0. The molecule has 0 saturated carbocycles. The molecule has 0 amide bonds. The van der Waals surface area contributed by atoms with Crippen LogP contribution in [0.5, 0.6) is 0 Å². The van der Waals surface area contributed by atoms with Crippen LogP contribution in [0.25, 0.3) is 0 Å². The maximum atomic E-state index is 7.32.